The fraction of sp³-hybridized carbons (Fsp3) is 0.292. The molecule has 0 saturated carbocycles. The predicted molar refractivity (Wildman–Crippen MR) is 120 cm³/mol. The van der Waals surface area contributed by atoms with E-state index in [-0.39, 0.29) is 23.6 Å². The first kappa shape index (κ1) is 20.7. The van der Waals surface area contributed by atoms with Gasteiger partial charge in [-0.05, 0) is 43.2 Å². The summed E-state index contributed by atoms with van der Waals surface area (Å²) in [5.41, 5.74) is 4.01. The molecule has 31 heavy (non-hydrogen) atoms. The molecule has 2 aromatic carbocycles. The van der Waals surface area contributed by atoms with Crippen molar-refractivity contribution in [2.75, 3.05) is 37.7 Å². The number of aromatic amines is 1. The van der Waals surface area contributed by atoms with Crippen molar-refractivity contribution in [2.45, 2.75) is 13.8 Å². The van der Waals surface area contributed by atoms with Crippen LogP contribution in [0.2, 0.25) is 0 Å². The number of ether oxygens (including phenoxy) is 1. The Kier molecular flexibility index (Phi) is 5.75. The first-order valence-electron chi connectivity index (χ1n) is 10.3. The number of benzene rings is 2. The zero-order valence-corrected chi connectivity index (χ0v) is 17.7. The molecule has 0 bridgehead atoms. The second kappa shape index (κ2) is 8.63. The lowest BCUT2D eigenvalue weighted by atomic mass is 10.1. The molecule has 160 valence electrons. The van der Waals surface area contributed by atoms with Crippen molar-refractivity contribution < 1.29 is 14.3 Å². The Labute approximate surface area is 180 Å². The fourth-order valence-electron chi connectivity index (χ4n) is 3.88. The highest BCUT2D eigenvalue weighted by molar-refractivity contribution is 5.92. The number of nitrogens with zero attached hydrogens (tertiary/aromatic N) is 2. The maximum Gasteiger partial charge on any atom is 0.355 e. The second-order valence-electron chi connectivity index (χ2n) is 7.76. The number of H-pyrrole nitrogens is 1. The first-order chi connectivity index (χ1) is 14.9. The van der Waals surface area contributed by atoms with Crippen LogP contribution in [0.4, 0.5) is 5.69 Å². The number of nitrogens with one attached hydrogen (secondary N) is 1. The van der Waals surface area contributed by atoms with E-state index in [1.54, 1.807) is 29.2 Å². The van der Waals surface area contributed by atoms with Crippen molar-refractivity contribution >= 4 is 28.5 Å². The number of para-hydroxylation sites is 1. The maximum absolute atomic E-state index is 12.5. The Hall–Kier alpha value is -3.61. The molecule has 1 fully saturated rings. The van der Waals surface area contributed by atoms with E-state index < -0.39 is 5.97 Å². The van der Waals surface area contributed by atoms with Gasteiger partial charge in [0.15, 0.2) is 12.0 Å². The minimum absolute atomic E-state index is 0.0382. The van der Waals surface area contributed by atoms with Crippen molar-refractivity contribution in [3.05, 3.63) is 75.6 Å². The zero-order chi connectivity index (χ0) is 22.0. The third kappa shape index (κ3) is 4.30. The molecule has 4 rings (SSSR count). The Morgan fingerprint density at radius 3 is 2.52 bits per heavy atom. The molecule has 1 aliphatic heterocycles. The van der Waals surface area contributed by atoms with E-state index in [4.69, 9.17) is 4.74 Å². The highest BCUT2D eigenvalue weighted by Gasteiger charge is 2.23. The monoisotopic (exact) mass is 419 g/mol. The lowest BCUT2D eigenvalue weighted by molar-refractivity contribution is -0.134. The average molecular weight is 419 g/mol. The number of anilines is 1. The Balaban J connectivity index is 1.34. The third-order valence-corrected chi connectivity index (χ3v) is 5.83. The summed E-state index contributed by atoms with van der Waals surface area (Å²) in [6, 6.07) is 14.4. The van der Waals surface area contributed by atoms with E-state index >= 15 is 0 Å². The number of aryl methyl sites for hydroxylation is 1. The number of amides is 1. The molecule has 0 atom stereocenters. The third-order valence-electron chi connectivity index (χ3n) is 5.83. The van der Waals surface area contributed by atoms with Gasteiger partial charge in [-0.25, -0.2) is 4.79 Å². The van der Waals surface area contributed by atoms with Gasteiger partial charge >= 0.3 is 5.97 Å². The molecule has 1 aliphatic rings. The van der Waals surface area contributed by atoms with E-state index in [1.807, 2.05) is 6.07 Å². The van der Waals surface area contributed by atoms with Gasteiger partial charge in [-0.1, -0.05) is 24.3 Å². The van der Waals surface area contributed by atoms with E-state index in [0.717, 1.165) is 13.1 Å². The van der Waals surface area contributed by atoms with Gasteiger partial charge in [0.25, 0.3) is 5.91 Å². The van der Waals surface area contributed by atoms with E-state index in [9.17, 15) is 14.4 Å². The van der Waals surface area contributed by atoms with Gasteiger partial charge in [-0.3, -0.25) is 9.59 Å². The van der Waals surface area contributed by atoms with Crippen LogP contribution in [0.1, 0.15) is 21.6 Å². The van der Waals surface area contributed by atoms with Crippen molar-refractivity contribution in [3.8, 4) is 0 Å². The molecule has 0 spiro atoms. The van der Waals surface area contributed by atoms with Crippen LogP contribution in [-0.4, -0.2) is 54.5 Å². The largest absolute Gasteiger partial charge is 0.451 e. The number of aromatic nitrogens is 1. The van der Waals surface area contributed by atoms with Gasteiger partial charge in [0.1, 0.15) is 5.69 Å². The van der Waals surface area contributed by atoms with Crippen molar-refractivity contribution in [3.63, 3.8) is 0 Å². The van der Waals surface area contributed by atoms with Crippen LogP contribution in [0.25, 0.3) is 10.9 Å². The minimum atomic E-state index is -0.717. The summed E-state index contributed by atoms with van der Waals surface area (Å²) in [5, 5.41) is 0.497. The number of piperazine rings is 1. The predicted octanol–water partition coefficient (Wildman–Crippen LogP) is 2.65. The Morgan fingerprint density at radius 1 is 1.00 bits per heavy atom. The van der Waals surface area contributed by atoms with Gasteiger partial charge in [0.05, 0.1) is 0 Å². The zero-order valence-electron chi connectivity index (χ0n) is 17.7. The lowest BCUT2D eigenvalue weighted by Gasteiger charge is -2.37. The van der Waals surface area contributed by atoms with Crippen LogP contribution in [-0.2, 0) is 9.53 Å². The summed E-state index contributed by atoms with van der Waals surface area (Å²) >= 11 is 0. The number of carbonyl (C=O) groups excluding carboxylic acids is 2. The number of pyridine rings is 1. The summed E-state index contributed by atoms with van der Waals surface area (Å²) < 4.78 is 5.18. The normalized spacial score (nSPS) is 14.0. The van der Waals surface area contributed by atoms with Gasteiger partial charge in [0.2, 0.25) is 0 Å². The van der Waals surface area contributed by atoms with Crippen LogP contribution in [0.5, 0.6) is 0 Å². The number of carbonyl (C=O) groups is 2. The first-order valence-corrected chi connectivity index (χ1v) is 10.3. The highest BCUT2D eigenvalue weighted by Crippen LogP contribution is 2.23. The number of rotatable bonds is 4. The van der Waals surface area contributed by atoms with Gasteiger partial charge in [-0.15, -0.1) is 0 Å². The van der Waals surface area contributed by atoms with Crippen LogP contribution < -0.4 is 10.3 Å². The van der Waals surface area contributed by atoms with E-state index in [0.29, 0.717) is 24.0 Å². The van der Waals surface area contributed by atoms with Crippen LogP contribution in [0.3, 0.4) is 0 Å². The molecule has 2 heterocycles. The molecule has 7 heteroatoms. The summed E-state index contributed by atoms with van der Waals surface area (Å²) in [5.74, 6) is -0.956. The highest BCUT2D eigenvalue weighted by atomic mass is 16.5. The van der Waals surface area contributed by atoms with Gasteiger partial charge < -0.3 is 19.5 Å². The molecule has 0 aliphatic carbocycles. The smallest absolute Gasteiger partial charge is 0.355 e. The number of fused-ring (bicyclic) bond motifs is 1. The summed E-state index contributed by atoms with van der Waals surface area (Å²) in [4.78, 5) is 44.0. The van der Waals surface area contributed by atoms with Gasteiger partial charge in [-0.2, -0.15) is 0 Å². The average Bonchev–Trinajstić information content (AvgIpc) is 2.79. The van der Waals surface area contributed by atoms with Crippen LogP contribution in [0.15, 0.2) is 53.3 Å². The topological polar surface area (TPSA) is 82.7 Å². The van der Waals surface area contributed by atoms with Crippen molar-refractivity contribution in [1.82, 2.24) is 9.88 Å². The molecule has 0 radical (unpaired) electrons. The quantitative estimate of drug-likeness (QED) is 0.658. The summed E-state index contributed by atoms with van der Waals surface area (Å²) in [6.07, 6.45) is 0. The fourth-order valence-corrected chi connectivity index (χ4v) is 3.88. The number of hydrogen-bond donors (Lipinski definition) is 1. The number of esters is 1. The standard InChI is InChI=1S/C24H25N3O4/c1-16-6-5-9-21(17(16)2)26-10-12-27(13-11-26)23(29)15-31-24(30)20-14-22(28)18-7-3-4-8-19(18)25-20/h3-9,14H,10-13,15H2,1-2H3,(H,25,28). The molecule has 3 aromatic rings. The molecule has 1 aromatic heterocycles. The molecular formula is C24H25N3O4. The molecule has 0 unspecified atom stereocenters. The molecule has 1 N–H and O–H groups in total. The summed E-state index contributed by atoms with van der Waals surface area (Å²) in [7, 11) is 0. The Morgan fingerprint density at radius 2 is 1.74 bits per heavy atom. The Bertz CT molecular complexity index is 1190. The van der Waals surface area contributed by atoms with E-state index in [1.165, 1.54) is 22.9 Å². The SMILES string of the molecule is Cc1cccc(N2CCN(C(=O)COC(=O)c3cc(=O)c4ccccc4[nH]3)CC2)c1C. The maximum atomic E-state index is 12.5. The lowest BCUT2D eigenvalue weighted by Crippen LogP contribution is -2.50. The second-order valence-corrected chi connectivity index (χ2v) is 7.76. The van der Waals surface area contributed by atoms with Crippen LogP contribution >= 0.6 is 0 Å². The minimum Gasteiger partial charge on any atom is -0.451 e. The molecule has 7 nitrogen and oxygen atoms in total. The number of hydrogen-bond acceptors (Lipinski definition) is 5. The summed E-state index contributed by atoms with van der Waals surface area (Å²) in [6.45, 7) is 6.43. The molecular weight excluding hydrogens is 394 g/mol. The van der Waals surface area contributed by atoms with Crippen molar-refractivity contribution in [2.24, 2.45) is 0 Å². The van der Waals surface area contributed by atoms with E-state index in [2.05, 4.69) is 35.9 Å². The molecule has 1 saturated heterocycles. The van der Waals surface area contributed by atoms with Gasteiger partial charge in [0, 0.05) is 48.8 Å². The van der Waals surface area contributed by atoms with Crippen molar-refractivity contribution in [1.29, 1.82) is 0 Å². The van der Waals surface area contributed by atoms with Crippen LogP contribution in [0, 0.1) is 13.8 Å². The molecule has 1 amide bonds.